The van der Waals surface area contributed by atoms with E-state index in [2.05, 4.69) is 9.80 Å². The normalized spacial score (nSPS) is 19.7. The Hall–Kier alpha value is -3.08. The van der Waals surface area contributed by atoms with Crippen molar-refractivity contribution in [3.8, 4) is 0 Å². The second-order valence-electron chi connectivity index (χ2n) is 8.79. The van der Waals surface area contributed by atoms with Crippen molar-refractivity contribution in [1.82, 2.24) is 4.90 Å². The van der Waals surface area contributed by atoms with Gasteiger partial charge in [-0.1, -0.05) is 29.8 Å². The number of piperidine rings is 1. The second-order valence-corrected chi connectivity index (χ2v) is 8.79. The number of carbonyl (C=O) groups is 2. The van der Waals surface area contributed by atoms with Crippen LogP contribution in [0.25, 0.3) is 5.57 Å². The molecule has 2 aromatic carbocycles. The van der Waals surface area contributed by atoms with Gasteiger partial charge in [-0.2, -0.15) is 0 Å². The molecule has 2 fully saturated rings. The molecule has 0 atom stereocenters. The van der Waals surface area contributed by atoms with E-state index in [1.54, 1.807) is 0 Å². The molecule has 5 heteroatoms. The number of anilines is 2. The van der Waals surface area contributed by atoms with Crippen LogP contribution in [0.5, 0.6) is 0 Å². The standard InChI is InChI=1S/C26H29N3O2/c1-19-7-9-20(10-8-19)23-24(28-17-5-6-18-28)26(31)29(25(23)30)22-13-11-21(12-14-22)27-15-3-2-4-16-27/h7-14H,2-6,15-18H2,1H3. The van der Waals surface area contributed by atoms with Crippen LogP contribution in [0.2, 0.25) is 0 Å². The van der Waals surface area contributed by atoms with Gasteiger partial charge in [0.25, 0.3) is 11.8 Å². The minimum Gasteiger partial charge on any atom is -0.372 e. The van der Waals surface area contributed by atoms with Crippen LogP contribution in [0.15, 0.2) is 54.2 Å². The second kappa shape index (κ2) is 8.22. The van der Waals surface area contributed by atoms with Gasteiger partial charge in [-0.05, 0) is 68.9 Å². The van der Waals surface area contributed by atoms with Crippen molar-refractivity contribution in [3.05, 3.63) is 65.4 Å². The van der Waals surface area contributed by atoms with Gasteiger partial charge in [0.1, 0.15) is 5.70 Å². The predicted octanol–water partition coefficient (Wildman–Crippen LogP) is 4.37. The molecule has 5 nitrogen and oxygen atoms in total. The van der Waals surface area contributed by atoms with Crippen molar-refractivity contribution < 1.29 is 9.59 Å². The minimum absolute atomic E-state index is 0.201. The molecule has 31 heavy (non-hydrogen) atoms. The molecular formula is C26H29N3O2. The summed E-state index contributed by atoms with van der Waals surface area (Å²) in [6.45, 7) is 5.81. The van der Waals surface area contributed by atoms with E-state index in [0.717, 1.165) is 55.8 Å². The van der Waals surface area contributed by atoms with Crippen molar-refractivity contribution in [2.24, 2.45) is 0 Å². The number of hydrogen-bond acceptors (Lipinski definition) is 4. The lowest BCUT2D eigenvalue weighted by Crippen LogP contribution is -2.34. The third kappa shape index (κ3) is 3.62. The number of carbonyl (C=O) groups excluding carboxylic acids is 2. The molecule has 2 aromatic rings. The molecule has 5 rings (SSSR count). The lowest BCUT2D eigenvalue weighted by Gasteiger charge is -2.29. The number of aryl methyl sites for hydroxylation is 1. The summed E-state index contributed by atoms with van der Waals surface area (Å²) >= 11 is 0. The van der Waals surface area contributed by atoms with E-state index in [0.29, 0.717) is 17.0 Å². The van der Waals surface area contributed by atoms with Gasteiger partial charge in [-0.15, -0.1) is 0 Å². The highest BCUT2D eigenvalue weighted by molar-refractivity contribution is 6.45. The van der Waals surface area contributed by atoms with Gasteiger partial charge in [0, 0.05) is 31.9 Å². The van der Waals surface area contributed by atoms with Crippen LogP contribution in [0.3, 0.4) is 0 Å². The van der Waals surface area contributed by atoms with Gasteiger partial charge in [0.05, 0.1) is 11.3 Å². The first-order valence-electron chi connectivity index (χ1n) is 11.4. The SMILES string of the molecule is Cc1ccc(C2=C(N3CCCC3)C(=O)N(c3ccc(N4CCCCC4)cc3)C2=O)cc1. The van der Waals surface area contributed by atoms with E-state index >= 15 is 0 Å². The third-order valence-electron chi connectivity index (χ3n) is 6.65. The van der Waals surface area contributed by atoms with E-state index in [1.165, 1.54) is 24.2 Å². The van der Waals surface area contributed by atoms with Gasteiger partial charge in [0.2, 0.25) is 0 Å². The molecular weight excluding hydrogens is 386 g/mol. The minimum atomic E-state index is -0.221. The van der Waals surface area contributed by atoms with Crippen molar-refractivity contribution in [2.75, 3.05) is 36.0 Å². The van der Waals surface area contributed by atoms with Crippen LogP contribution < -0.4 is 9.80 Å². The van der Waals surface area contributed by atoms with E-state index < -0.39 is 0 Å². The molecule has 0 unspecified atom stereocenters. The van der Waals surface area contributed by atoms with Crippen molar-refractivity contribution in [1.29, 1.82) is 0 Å². The molecule has 3 aliphatic rings. The maximum atomic E-state index is 13.6. The third-order valence-corrected chi connectivity index (χ3v) is 6.65. The monoisotopic (exact) mass is 415 g/mol. The van der Waals surface area contributed by atoms with Crippen LogP contribution in [0, 0.1) is 6.92 Å². The zero-order valence-corrected chi connectivity index (χ0v) is 18.1. The molecule has 160 valence electrons. The largest absolute Gasteiger partial charge is 0.372 e. The number of rotatable bonds is 4. The Balaban J connectivity index is 1.49. The Kier molecular flexibility index (Phi) is 5.26. The summed E-state index contributed by atoms with van der Waals surface area (Å²) in [6, 6.07) is 15.8. The van der Waals surface area contributed by atoms with Gasteiger partial charge in [-0.25, -0.2) is 4.90 Å². The van der Waals surface area contributed by atoms with Gasteiger partial charge in [-0.3, -0.25) is 9.59 Å². The average molecular weight is 416 g/mol. The molecule has 0 radical (unpaired) electrons. The van der Waals surface area contributed by atoms with Crippen LogP contribution in [0.1, 0.15) is 43.2 Å². The molecule has 3 heterocycles. The fourth-order valence-corrected chi connectivity index (χ4v) is 4.93. The first-order chi connectivity index (χ1) is 15.1. The van der Waals surface area contributed by atoms with Crippen molar-refractivity contribution in [2.45, 2.75) is 39.0 Å². The molecule has 2 saturated heterocycles. The Bertz CT molecular complexity index is 1010. The zero-order valence-electron chi connectivity index (χ0n) is 18.1. The predicted molar refractivity (Wildman–Crippen MR) is 124 cm³/mol. The number of nitrogens with zero attached hydrogens (tertiary/aromatic N) is 3. The first kappa shape index (κ1) is 19.9. The number of benzene rings is 2. The highest BCUT2D eigenvalue weighted by atomic mass is 16.2. The van der Waals surface area contributed by atoms with E-state index in [4.69, 9.17) is 0 Å². The summed E-state index contributed by atoms with van der Waals surface area (Å²) in [7, 11) is 0. The van der Waals surface area contributed by atoms with E-state index in [9.17, 15) is 9.59 Å². The van der Waals surface area contributed by atoms with Gasteiger partial charge < -0.3 is 9.80 Å². The molecule has 0 aromatic heterocycles. The highest BCUT2D eigenvalue weighted by Crippen LogP contribution is 2.36. The van der Waals surface area contributed by atoms with E-state index in [-0.39, 0.29) is 11.8 Å². The fourth-order valence-electron chi connectivity index (χ4n) is 4.93. The lowest BCUT2D eigenvalue weighted by molar-refractivity contribution is -0.120. The lowest BCUT2D eigenvalue weighted by atomic mass is 10.0. The number of likely N-dealkylation sites (tertiary alicyclic amines) is 1. The van der Waals surface area contributed by atoms with Crippen molar-refractivity contribution >= 4 is 28.8 Å². The Morgan fingerprint density at radius 3 is 1.81 bits per heavy atom. The molecule has 0 saturated carbocycles. The molecule has 0 N–H and O–H groups in total. The summed E-state index contributed by atoms with van der Waals surface area (Å²) in [4.78, 5) is 32.9. The van der Waals surface area contributed by atoms with Gasteiger partial charge >= 0.3 is 0 Å². The van der Waals surface area contributed by atoms with Crippen LogP contribution in [-0.2, 0) is 9.59 Å². The summed E-state index contributed by atoms with van der Waals surface area (Å²) in [5.74, 6) is -0.422. The summed E-state index contributed by atoms with van der Waals surface area (Å²) in [5.41, 5.74) is 4.86. The zero-order chi connectivity index (χ0) is 21.4. The van der Waals surface area contributed by atoms with Crippen molar-refractivity contribution in [3.63, 3.8) is 0 Å². The molecule has 0 spiro atoms. The maximum absolute atomic E-state index is 13.6. The Morgan fingerprint density at radius 1 is 0.613 bits per heavy atom. The Morgan fingerprint density at radius 2 is 1.16 bits per heavy atom. The topological polar surface area (TPSA) is 43.9 Å². The summed E-state index contributed by atoms with van der Waals surface area (Å²) in [5, 5.41) is 0. The molecule has 2 amide bonds. The molecule has 3 aliphatic heterocycles. The van der Waals surface area contributed by atoms with Crippen LogP contribution in [0.4, 0.5) is 11.4 Å². The summed E-state index contributed by atoms with van der Waals surface area (Å²) in [6.07, 6.45) is 5.83. The van der Waals surface area contributed by atoms with Crippen LogP contribution >= 0.6 is 0 Å². The first-order valence-corrected chi connectivity index (χ1v) is 11.4. The average Bonchev–Trinajstić information content (AvgIpc) is 3.41. The fraction of sp³-hybridized carbons (Fsp3) is 0.385. The quantitative estimate of drug-likeness (QED) is 0.696. The molecule has 0 bridgehead atoms. The van der Waals surface area contributed by atoms with Crippen LogP contribution in [-0.4, -0.2) is 42.9 Å². The molecule has 0 aliphatic carbocycles. The number of hydrogen-bond donors (Lipinski definition) is 0. The Labute approximate surface area is 183 Å². The highest BCUT2D eigenvalue weighted by Gasteiger charge is 2.42. The number of imide groups is 1. The van der Waals surface area contributed by atoms with Gasteiger partial charge in [0.15, 0.2) is 0 Å². The number of amides is 2. The smallest absolute Gasteiger partial charge is 0.282 e. The summed E-state index contributed by atoms with van der Waals surface area (Å²) < 4.78 is 0. The maximum Gasteiger partial charge on any atom is 0.282 e. The van der Waals surface area contributed by atoms with E-state index in [1.807, 2.05) is 55.5 Å².